The van der Waals surface area contributed by atoms with Crippen LogP contribution in [0.25, 0.3) is 5.57 Å². The van der Waals surface area contributed by atoms with Crippen LogP contribution in [0.2, 0.25) is 0 Å². The highest BCUT2D eigenvalue weighted by Crippen LogP contribution is 2.23. The van der Waals surface area contributed by atoms with Crippen LogP contribution in [-0.2, 0) is 6.54 Å². The van der Waals surface area contributed by atoms with Gasteiger partial charge in [0.25, 0.3) is 5.91 Å². The zero-order chi connectivity index (χ0) is 16.9. The van der Waals surface area contributed by atoms with Crippen LogP contribution in [0.5, 0.6) is 0 Å². The van der Waals surface area contributed by atoms with Gasteiger partial charge < -0.3 is 5.32 Å². The van der Waals surface area contributed by atoms with Crippen LogP contribution >= 0.6 is 0 Å². The van der Waals surface area contributed by atoms with Crippen molar-refractivity contribution < 1.29 is 4.79 Å². The summed E-state index contributed by atoms with van der Waals surface area (Å²) in [5.41, 5.74) is 4.32. The molecule has 0 aliphatic heterocycles. The number of hydrogen-bond donors (Lipinski definition) is 1. The summed E-state index contributed by atoms with van der Waals surface area (Å²) in [5, 5.41) is 2.95. The van der Waals surface area contributed by atoms with Crippen molar-refractivity contribution in [2.24, 2.45) is 5.41 Å². The smallest absolute Gasteiger partial charge is 0.251 e. The quantitative estimate of drug-likeness (QED) is 0.840. The predicted octanol–water partition coefficient (Wildman–Crippen LogP) is 5.07. The Balaban J connectivity index is 2.02. The summed E-state index contributed by atoms with van der Waals surface area (Å²) in [6.07, 6.45) is 2.25. The molecule has 0 aromatic heterocycles. The number of nitrogens with one attached hydrogen (secondary N) is 1. The lowest BCUT2D eigenvalue weighted by molar-refractivity contribution is 0.0951. The van der Waals surface area contributed by atoms with Crippen LogP contribution in [0.4, 0.5) is 0 Å². The second-order valence-electron chi connectivity index (χ2n) is 6.94. The summed E-state index contributed by atoms with van der Waals surface area (Å²) in [7, 11) is 0. The van der Waals surface area contributed by atoms with Crippen LogP contribution in [0.15, 0.2) is 60.7 Å². The molecule has 0 radical (unpaired) electrons. The van der Waals surface area contributed by atoms with Gasteiger partial charge in [-0.2, -0.15) is 0 Å². The Morgan fingerprint density at radius 1 is 0.957 bits per heavy atom. The van der Waals surface area contributed by atoms with E-state index in [0.717, 1.165) is 11.1 Å². The van der Waals surface area contributed by atoms with Gasteiger partial charge in [0.05, 0.1) is 0 Å². The molecule has 0 unspecified atom stereocenters. The Hall–Kier alpha value is -2.35. The van der Waals surface area contributed by atoms with Gasteiger partial charge in [-0.1, -0.05) is 69.3 Å². The maximum absolute atomic E-state index is 12.2. The lowest BCUT2D eigenvalue weighted by Crippen LogP contribution is -2.22. The van der Waals surface area contributed by atoms with Crippen LogP contribution < -0.4 is 5.32 Å². The molecule has 0 spiro atoms. The lowest BCUT2D eigenvalue weighted by Gasteiger charge is -2.14. The maximum Gasteiger partial charge on any atom is 0.251 e. The second kappa shape index (κ2) is 7.28. The third-order valence-corrected chi connectivity index (χ3v) is 3.55. The van der Waals surface area contributed by atoms with Crippen molar-refractivity contribution in [2.75, 3.05) is 0 Å². The van der Waals surface area contributed by atoms with Crippen LogP contribution in [0.1, 0.15) is 49.2 Å². The van der Waals surface area contributed by atoms with Gasteiger partial charge in [-0.25, -0.2) is 0 Å². The molecule has 2 aromatic carbocycles. The average molecular weight is 307 g/mol. The highest BCUT2D eigenvalue weighted by molar-refractivity contribution is 5.94. The van der Waals surface area contributed by atoms with Crippen LogP contribution in [-0.4, -0.2) is 5.91 Å². The van der Waals surface area contributed by atoms with E-state index in [9.17, 15) is 4.79 Å². The van der Waals surface area contributed by atoms with E-state index in [2.05, 4.69) is 39.1 Å². The Bertz CT molecular complexity index is 676. The van der Waals surface area contributed by atoms with E-state index < -0.39 is 0 Å². The summed E-state index contributed by atoms with van der Waals surface area (Å²) in [5.74, 6) is -0.0437. The van der Waals surface area contributed by atoms with Gasteiger partial charge >= 0.3 is 0 Å². The first-order valence-electron chi connectivity index (χ1n) is 7.97. The minimum atomic E-state index is -0.0437. The molecule has 1 amide bonds. The minimum absolute atomic E-state index is 0.0437. The van der Waals surface area contributed by atoms with Gasteiger partial charge in [-0.15, -0.1) is 0 Å². The Kier molecular flexibility index (Phi) is 5.38. The van der Waals surface area contributed by atoms with E-state index in [1.807, 2.05) is 54.6 Å². The standard InChI is InChI=1S/C21H25NO/c1-16(14-21(2,3)4)18-10-12-19(13-11-18)20(23)22-15-17-8-6-5-7-9-17/h5-14H,15H2,1-4H3,(H,22,23). The molecular weight excluding hydrogens is 282 g/mol. The van der Waals surface area contributed by atoms with Crippen LogP contribution in [0.3, 0.4) is 0 Å². The zero-order valence-electron chi connectivity index (χ0n) is 14.4. The Labute approximate surface area is 139 Å². The van der Waals surface area contributed by atoms with E-state index in [1.54, 1.807) is 0 Å². The molecule has 2 heteroatoms. The van der Waals surface area contributed by atoms with E-state index in [-0.39, 0.29) is 11.3 Å². The normalized spacial score (nSPS) is 12.1. The molecule has 2 nitrogen and oxygen atoms in total. The Morgan fingerprint density at radius 2 is 1.52 bits per heavy atom. The molecule has 23 heavy (non-hydrogen) atoms. The largest absolute Gasteiger partial charge is 0.348 e. The third-order valence-electron chi connectivity index (χ3n) is 3.55. The van der Waals surface area contributed by atoms with E-state index in [4.69, 9.17) is 0 Å². The molecule has 0 aliphatic rings. The highest BCUT2D eigenvalue weighted by atomic mass is 16.1. The predicted molar refractivity (Wildman–Crippen MR) is 97.2 cm³/mol. The molecule has 120 valence electrons. The van der Waals surface area contributed by atoms with Gasteiger partial charge in [0.1, 0.15) is 0 Å². The first kappa shape index (κ1) is 17.0. The van der Waals surface area contributed by atoms with E-state index in [0.29, 0.717) is 12.1 Å². The van der Waals surface area contributed by atoms with Gasteiger partial charge in [0.2, 0.25) is 0 Å². The SMILES string of the molecule is CC(=CC(C)(C)C)c1ccc(C(=O)NCc2ccccc2)cc1. The van der Waals surface area contributed by atoms with Crippen molar-refractivity contribution >= 4 is 11.5 Å². The number of allylic oxidation sites excluding steroid dienone is 2. The fourth-order valence-electron chi connectivity index (χ4n) is 2.50. The number of carbonyl (C=O) groups excluding carboxylic acids is 1. The van der Waals surface area contributed by atoms with Gasteiger partial charge in [0, 0.05) is 12.1 Å². The van der Waals surface area contributed by atoms with E-state index >= 15 is 0 Å². The van der Waals surface area contributed by atoms with Crippen molar-refractivity contribution in [1.82, 2.24) is 5.32 Å². The minimum Gasteiger partial charge on any atom is -0.348 e. The second-order valence-corrected chi connectivity index (χ2v) is 6.94. The molecule has 0 aliphatic carbocycles. The topological polar surface area (TPSA) is 29.1 Å². The molecule has 0 saturated carbocycles. The molecule has 1 N–H and O–H groups in total. The van der Waals surface area contributed by atoms with Gasteiger partial charge in [-0.3, -0.25) is 4.79 Å². The number of carbonyl (C=O) groups is 1. The third kappa shape index (κ3) is 5.41. The number of benzene rings is 2. The molecule has 0 saturated heterocycles. The van der Waals surface area contributed by atoms with Crippen LogP contribution in [0, 0.1) is 5.41 Å². The molecule has 0 fully saturated rings. The molecule has 0 bridgehead atoms. The number of rotatable bonds is 4. The lowest BCUT2D eigenvalue weighted by atomic mass is 9.91. The van der Waals surface area contributed by atoms with Crippen molar-refractivity contribution in [1.29, 1.82) is 0 Å². The molecule has 0 heterocycles. The summed E-state index contributed by atoms with van der Waals surface area (Å²) in [6, 6.07) is 17.7. The van der Waals surface area contributed by atoms with Gasteiger partial charge in [0.15, 0.2) is 0 Å². The van der Waals surface area contributed by atoms with Crippen molar-refractivity contribution in [3.8, 4) is 0 Å². The summed E-state index contributed by atoms with van der Waals surface area (Å²) in [6.45, 7) is 9.20. The monoisotopic (exact) mass is 307 g/mol. The maximum atomic E-state index is 12.2. The first-order chi connectivity index (χ1) is 10.8. The summed E-state index contributed by atoms with van der Waals surface area (Å²) >= 11 is 0. The average Bonchev–Trinajstić information content (AvgIpc) is 2.52. The number of amides is 1. The van der Waals surface area contributed by atoms with Crippen molar-refractivity contribution in [2.45, 2.75) is 34.2 Å². The van der Waals surface area contributed by atoms with Crippen molar-refractivity contribution in [3.05, 3.63) is 77.4 Å². The zero-order valence-corrected chi connectivity index (χ0v) is 14.4. The molecule has 0 atom stereocenters. The fourth-order valence-corrected chi connectivity index (χ4v) is 2.50. The molecule has 2 aromatic rings. The fraction of sp³-hybridized carbons (Fsp3) is 0.286. The summed E-state index contributed by atoms with van der Waals surface area (Å²) < 4.78 is 0. The molecule has 2 rings (SSSR count). The Morgan fingerprint density at radius 3 is 2.09 bits per heavy atom. The van der Waals surface area contributed by atoms with E-state index in [1.165, 1.54) is 5.57 Å². The number of hydrogen-bond acceptors (Lipinski definition) is 1. The van der Waals surface area contributed by atoms with Crippen molar-refractivity contribution in [3.63, 3.8) is 0 Å². The first-order valence-corrected chi connectivity index (χ1v) is 7.97. The highest BCUT2D eigenvalue weighted by Gasteiger charge is 2.09. The van der Waals surface area contributed by atoms with Gasteiger partial charge in [-0.05, 0) is 41.2 Å². The molecular formula is C21H25NO. The summed E-state index contributed by atoms with van der Waals surface area (Å²) in [4.78, 5) is 12.2.